The van der Waals surface area contributed by atoms with Crippen molar-refractivity contribution in [1.82, 2.24) is 15.0 Å². The third kappa shape index (κ3) is 2.32. The third-order valence-electron chi connectivity index (χ3n) is 3.03. The van der Waals surface area contributed by atoms with Crippen LogP contribution in [0.5, 0.6) is 0 Å². The van der Waals surface area contributed by atoms with Gasteiger partial charge in [-0.2, -0.15) is 0 Å². The number of aromatic amines is 2. The molecule has 0 unspecified atom stereocenters. The van der Waals surface area contributed by atoms with Gasteiger partial charge < -0.3 is 14.7 Å². The number of anilines is 1. The average Bonchev–Trinajstić information content (AvgIpc) is 2.89. The van der Waals surface area contributed by atoms with Crippen LogP contribution in [0, 0.1) is 10.5 Å². The second-order valence-corrected chi connectivity index (χ2v) is 4.94. The predicted octanol–water partition coefficient (Wildman–Crippen LogP) is 3.25. The number of halogens is 1. The first-order valence-electron chi connectivity index (χ1n) is 5.91. The summed E-state index contributed by atoms with van der Waals surface area (Å²) >= 11 is 8.80. The molecule has 2 aromatic heterocycles. The number of benzene rings is 1. The van der Waals surface area contributed by atoms with Gasteiger partial charge in [0.05, 0.1) is 28.5 Å². The van der Waals surface area contributed by atoms with E-state index in [4.69, 9.17) is 12.2 Å². The summed E-state index contributed by atoms with van der Waals surface area (Å²) in [5.74, 6) is -1.13. The summed E-state index contributed by atoms with van der Waals surface area (Å²) in [6.07, 6.45) is 2.94. The molecule has 8 heteroatoms. The summed E-state index contributed by atoms with van der Waals surface area (Å²) in [5.41, 5.74) is 1.29. The minimum Gasteiger partial charge on any atom is -0.344 e. The van der Waals surface area contributed by atoms with Gasteiger partial charge >= 0.3 is 0 Å². The molecule has 3 rings (SSSR count). The van der Waals surface area contributed by atoms with Crippen molar-refractivity contribution in [2.24, 2.45) is 0 Å². The predicted molar refractivity (Wildman–Crippen MR) is 83.7 cm³/mol. The molecule has 0 fully saturated rings. The van der Waals surface area contributed by atoms with Gasteiger partial charge in [-0.25, -0.2) is 9.37 Å². The summed E-state index contributed by atoms with van der Waals surface area (Å²) in [7, 11) is 0. The van der Waals surface area contributed by atoms with Crippen molar-refractivity contribution in [3.63, 3.8) is 0 Å². The molecule has 1 aromatic carbocycles. The first-order valence-corrected chi connectivity index (χ1v) is 6.77. The zero-order valence-electron chi connectivity index (χ0n) is 10.5. The Labute approximate surface area is 129 Å². The van der Waals surface area contributed by atoms with E-state index in [0.29, 0.717) is 15.8 Å². The maximum atomic E-state index is 14.2. The second-order valence-electron chi connectivity index (χ2n) is 4.28. The molecular formula is C13H9FN4OS2. The fourth-order valence-corrected chi connectivity index (χ4v) is 2.36. The number of aromatic nitrogens is 3. The zero-order chi connectivity index (χ0) is 15.0. The van der Waals surface area contributed by atoms with E-state index in [2.05, 4.69) is 32.5 Å². The maximum absolute atomic E-state index is 14.2. The van der Waals surface area contributed by atoms with Gasteiger partial charge in [0.25, 0.3) is 0 Å². The first-order chi connectivity index (χ1) is 10.1. The molecule has 0 aliphatic heterocycles. The highest BCUT2D eigenvalue weighted by Crippen LogP contribution is 2.23. The van der Waals surface area contributed by atoms with Gasteiger partial charge in [-0.3, -0.25) is 4.79 Å². The van der Waals surface area contributed by atoms with Crippen LogP contribution >= 0.6 is 25.0 Å². The van der Waals surface area contributed by atoms with Gasteiger partial charge in [0.15, 0.2) is 17.2 Å². The maximum Gasteiger partial charge on any atom is 0.199 e. The fourth-order valence-electron chi connectivity index (χ4n) is 2.04. The van der Waals surface area contributed by atoms with Crippen LogP contribution in [0.25, 0.3) is 11.2 Å². The molecule has 5 nitrogen and oxygen atoms in total. The largest absolute Gasteiger partial charge is 0.344 e. The minimum atomic E-state index is -0.658. The van der Waals surface area contributed by atoms with Gasteiger partial charge in [0, 0.05) is 6.20 Å². The number of rotatable bonds is 3. The van der Waals surface area contributed by atoms with Gasteiger partial charge in [-0.1, -0.05) is 31.1 Å². The molecule has 0 saturated carbocycles. The van der Waals surface area contributed by atoms with Crippen LogP contribution in [0.4, 0.5) is 10.1 Å². The molecule has 0 amide bonds. The number of hydrogen-bond acceptors (Lipinski definition) is 5. The number of thiol groups is 1. The highest BCUT2D eigenvalue weighted by atomic mass is 32.1. The quantitative estimate of drug-likeness (QED) is 0.339. The van der Waals surface area contributed by atoms with Crippen molar-refractivity contribution in [1.29, 1.82) is 0 Å². The summed E-state index contributed by atoms with van der Waals surface area (Å²) < 4.78 is 17.0. The molecule has 0 saturated heterocycles. The Balaban J connectivity index is 2.17. The molecule has 0 atom stereocenters. The van der Waals surface area contributed by atoms with Crippen LogP contribution in [0.3, 0.4) is 0 Å². The van der Waals surface area contributed by atoms with Crippen molar-refractivity contribution >= 4 is 47.7 Å². The van der Waals surface area contributed by atoms with E-state index in [1.165, 1.54) is 24.5 Å². The number of ketones is 1. The summed E-state index contributed by atoms with van der Waals surface area (Å²) in [6, 6.07) is 4.48. The molecular weight excluding hydrogens is 311 g/mol. The van der Waals surface area contributed by atoms with E-state index in [1.807, 2.05) is 0 Å². The number of H-pyrrole nitrogens is 2. The monoisotopic (exact) mass is 320 g/mol. The van der Waals surface area contributed by atoms with Crippen molar-refractivity contribution < 1.29 is 9.18 Å². The van der Waals surface area contributed by atoms with Gasteiger partial charge in [0.1, 0.15) is 4.64 Å². The molecule has 0 aliphatic carbocycles. The first kappa shape index (κ1) is 13.8. The van der Waals surface area contributed by atoms with E-state index < -0.39 is 11.6 Å². The van der Waals surface area contributed by atoms with E-state index in [0.717, 1.165) is 0 Å². The van der Waals surface area contributed by atoms with E-state index >= 15 is 0 Å². The Bertz CT molecular complexity index is 903. The Hall–Kier alpha value is -2.19. The number of fused-ring (bicyclic) bond motifs is 1. The molecule has 0 spiro atoms. The van der Waals surface area contributed by atoms with Gasteiger partial charge in [-0.05, 0) is 12.1 Å². The highest BCUT2D eigenvalue weighted by Gasteiger charge is 2.20. The molecule has 3 aromatic rings. The van der Waals surface area contributed by atoms with Crippen LogP contribution in [0.2, 0.25) is 0 Å². The lowest BCUT2D eigenvalue weighted by Gasteiger charge is -2.06. The van der Waals surface area contributed by atoms with Crippen LogP contribution in [-0.4, -0.2) is 20.7 Å². The number of carbonyl (C=O) groups excluding carboxylic acids is 1. The molecule has 0 radical (unpaired) electrons. The molecule has 2 heterocycles. The smallest absolute Gasteiger partial charge is 0.199 e. The second kappa shape index (κ2) is 5.30. The van der Waals surface area contributed by atoms with Crippen molar-refractivity contribution in [3.05, 3.63) is 52.2 Å². The lowest BCUT2D eigenvalue weighted by molar-refractivity contribution is 0.103. The third-order valence-corrected chi connectivity index (χ3v) is 3.48. The Morgan fingerprint density at radius 2 is 2.19 bits per heavy atom. The van der Waals surface area contributed by atoms with Crippen molar-refractivity contribution in [2.75, 3.05) is 4.72 Å². The van der Waals surface area contributed by atoms with Crippen molar-refractivity contribution in [2.45, 2.75) is 0 Å². The number of nitrogens with one attached hydrogen (secondary N) is 3. The topological polar surface area (TPSA) is 73.6 Å². The summed E-state index contributed by atoms with van der Waals surface area (Å²) in [6.45, 7) is 0. The average molecular weight is 320 g/mol. The fraction of sp³-hybridized carbons (Fsp3) is 0. The van der Waals surface area contributed by atoms with Crippen LogP contribution in [-0.2, 0) is 0 Å². The van der Waals surface area contributed by atoms with Crippen LogP contribution < -0.4 is 4.72 Å². The zero-order valence-corrected chi connectivity index (χ0v) is 12.2. The van der Waals surface area contributed by atoms with Crippen molar-refractivity contribution in [3.8, 4) is 0 Å². The normalized spacial score (nSPS) is 10.8. The molecule has 0 aliphatic rings. The molecule has 0 bridgehead atoms. The number of carbonyl (C=O) groups is 1. The number of nitrogens with zero attached hydrogens (tertiary/aromatic N) is 1. The van der Waals surface area contributed by atoms with Crippen LogP contribution in [0.15, 0.2) is 30.6 Å². The van der Waals surface area contributed by atoms with E-state index in [9.17, 15) is 9.18 Å². The Morgan fingerprint density at radius 3 is 2.95 bits per heavy atom. The Morgan fingerprint density at radius 1 is 1.38 bits per heavy atom. The lowest BCUT2D eigenvalue weighted by Crippen LogP contribution is -2.05. The highest BCUT2D eigenvalue weighted by molar-refractivity contribution is 7.81. The van der Waals surface area contributed by atoms with Crippen LogP contribution in [0.1, 0.15) is 15.9 Å². The van der Waals surface area contributed by atoms with E-state index in [-0.39, 0.29) is 16.8 Å². The number of hydrogen-bond donors (Lipinski definition) is 4. The Kier molecular flexibility index (Phi) is 3.48. The standard InChI is InChI=1S/C13H9FN4OS2/c14-10-6(2-1-3-8(10)18-21)12(19)7-4-15-13-11(7)17-9(20)5-16-13/h1-5,18,21H,(H,15,16)(H,17,20). The summed E-state index contributed by atoms with van der Waals surface area (Å²) in [5, 5.41) is 0. The molecule has 3 N–H and O–H groups in total. The molecule has 21 heavy (non-hydrogen) atoms. The van der Waals surface area contributed by atoms with Gasteiger partial charge in [0.2, 0.25) is 0 Å². The van der Waals surface area contributed by atoms with E-state index in [1.54, 1.807) is 6.07 Å². The van der Waals surface area contributed by atoms with Gasteiger partial charge in [-0.15, -0.1) is 0 Å². The summed E-state index contributed by atoms with van der Waals surface area (Å²) in [4.78, 5) is 22.3. The molecule has 106 valence electrons. The lowest BCUT2D eigenvalue weighted by atomic mass is 10.0. The minimum absolute atomic E-state index is 0.0573. The SMILES string of the molecule is O=C(c1cccc(NS)c1F)c1c[nH]c2ncc(=S)[nH]c12.